The van der Waals surface area contributed by atoms with Crippen molar-refractivity contribution >= 4 is 0 Å². The molecule has 0 bridgehead atoms. The molecule has 0 fully saturated rings. The Morgan fingerprint density at radius 3 is 2.50 bits per heavy atom. The van der Waals surface area contributed by atoms with Crippen LogP contribution in [0.15, 0.2) is 42.7 Å². The van der Waals surface area contributed by atoms with Crippen LogP contribution >= 0.6 is 0 Å². The summed E-state index contributed by atoms with van der Waals surface area (Å²) in [5.74, 6) is 1.18. The monoisotopic (exact) mass is 302 g/mol. The van der Waals surface area contributed by atoms with Crippen LogP contribution in [0.1, 0.15) is 11.4 Å². The molecule has 3 heteroatoms. The van der Waals surface area contributed by atoms with E-state index >= 15 is 0 Å². The highest BCUT2D eigenvalue weighted by Crippen LogP contribution is 1.97. The Kier molecular flexibility index (Phi) is 4.13. The van der Waals surface area contributed by atoms with Gasteiger partial charge in [0, 0.05) is 6.92 Å². The number of aromatic nitrogens is 2. The van der Waals surface area contributed by atoms with Gasteiger partial charge in [-0.3, -0.25) is 0 Å². The number of nitrogens with one attached hydrogen (secondary N) is 1. The Bertz CT molecular complexity index is 381. The molecule has 0 spiro atoms. The number of halogens is 1. The zero-order valence-corrected chi connectivity index (χ0v) is 10.7. The minimum absolute atomic E-state index is 0. The Balaban J connectivity index is 0.000000980. The highest BCUT2D eigenvalue weighted by atomic mass is 127. The molecule has 2 nitrogen and oxygen atoms in total. The summed E-state index contributed by atoms with van der Waals surface area (Å²) < 4.78 is 2.19. The SMILES string of the molecule is Cc1[nH]cc[n+]1Cc1ccccc1.[IH2+]. The van der Waals surface area contributed by atoms with E-state index in [1.807, 2.05) is 12.3 Å². The first-order valence-electron chi connectivity index (χ1n) is 4.43. The number of nitrogens with zero attached hydrogens (tertiary/aromatic N) is 1. The highest BCUT2D eigenvalue weighted by Gasteiger charge is 2.03. The van der Waals surface area contributed by atoms with Crippen LogP contribution in [-0.2, 0) is 6.54 Å². The molecule has 2 rings (SSSR count). The molecule has 1 aromatic heterocycles. The molecule has 1 aromatic carbocycles. The van der Waals surface area contributed by atoms with Crippen LogP contribution in [0.2, 0.25) is 0 Å². The van der Waals surface area contributed by atoms with E-state index in [0.29, 0.717) is 0 Å². The van der Waals surface area contributed by atoms with Crippen LogP contribution in [-0.4, -0.2) is 4.98 Å². The molecule has 0 unspecified atom stereocenters. The lowest BCUT2D eigenvalue weighted by Crippen LogP contribution is -3.00. The maximum Gasteiger partial charge on any atom is 0.251 e. The van der Waals surface area contributed by atoms with Gasteiger partial charge >= 0.3 is 0 Å². The van der Waals surface area contributed by atoms with Gasteiger partial charge in [-0.05, 0) is 5.56 Å². The van der Waals surface area contributed by atoms with Crippen molar-refractivity contribution in [3.63, 3.8) is 0 Å². The molecule has 1 N–H and O–H groups in total. The normalized spacial score (nSPS) is 9.50. The van der Waals surface area contributed by atoms with Crippen molar-refractivity contribution in [1.82, 2.24) is 4.98 Å². The van der Waals surface area contributed by atoms with E-state index in [1.165, 1.54) is 11.4 Å². The maximum atomic E-state index is 3.15. The maximum absolute atomic E-state index is 3.15. The number of aryl methyl sites for hydroxylation is 1. The third kappa shape index (κ3) is 2.57. The molecular weight excluding hydrogens is 287 g/mol. The van der Waals surface area contributed by atoms with E-state index in [2.05, 4.69) is 46.9 Å². The number of rotatable bonds is 2. The van der Waals surface area contributed by atoms with Crippen LogP contribution in [0.3, 0.4) is 0 Å². The number of hydrogen-bond donors (Lipinski definition) is 1. The van der Waals surface area contributed by atoms with Gasteiger partial charge in [-0.2, -0.15) is 0 Å². The molecule has 0 aliphatic rings. The Morgan fingerprint density at radius 1 is 1.21 bits per heavy atom. The third-order valence-corrected chi connectivity index (χ3v) is 2.17. The zero-order valence-electron chi connectivity index (χ0n) is 8.14. The first kappa shape index (κ1) is 11.2. The van der Waals surface area contributed by atoms with Gasteiger partial charge in [-0.15, -0.1) is 0 Å². The van der Waals surface area contributed by atoms with E-state index in [1.54, 1.807) is 0 Å². The van der Waals surface area contributed by atoms with Crippen LogP contribution < -0.4 is 28.5 Å². The van der Waals surface area contributed by atoms with Gasteiger partial charge in [0.1, 0.15) is 18.9 Å². The van der Waals surface area contributed by atoms with Crippen molar-refractivity contribution in [3.8, 4) is 0 Å². The van der Waals surface area contributed by atoms with Gasteiger partial charge in [0.15, 0.2) is 0 Å². The molecule has 0 radical (unpaired) electrons. The average Bonchev–Trinajstić information content (AvgIpc) is 2.54. The third-order valence-electron chi connectivity index (χ3n) is 2.17. The Morgan fingerprint density at radius 2 is 1.93 bits per heavy atom. The minimum atomic E-state index is 0. The van der Waals surface area contributed by atoms with Crippen LogP contribution in [0.25, 0.3) is 0 Å². The summed E-state index contributed by atoms with van der Waals surface area (Å²) in [6.45, 7) is 3.01. The lowest BCUT2D eigenvalue weighted by molar-refractivity contribution is -0.693. The van der Waals surface area contributed by atoms with Crippen molar-refractivity contribution < 1.29 is 28.5 Å². The van der Waals surface area contributed by atoms with Gasteiger partial charge in [-0.1, -0.05) is 30.3 Å². The van der Waals surface area contributed by atoms with Crippen LogP contribution in [0.5, 0.6) is 0 Å². The summed E-state index contributed by atoms with van der Waals surface area (Å²) in [7, 11) is 0. The first-order chi connectivity index (χ1) is 6.36. The Labute approximate surface area is 101 Å². The summed E-state index contributed by atoms with van der Waals surface area (Å²) in [6, 6.07) is 10.5. The van der Waals surface area contributed by atoms with E-state index in [4.69, 9.17) is 0 Å². The summed E-state index contributed by atoms with van der Waals surface area (Å²) in [4.78, 5) is 3.15. The lowest BCUT2D eigenvalue weighted by atomic mass is 10.2. The average molecular weight is 302 g/mol. The quantitative estimate of drug-likeness (QED) is 0.495. The highest BCUT2D eigenvalue weighted by molar-refractivity contribution is 5.13. The van der Waals surface area contributed by atoms with E-state index in [9.17, 15) is 0 Å². The van der Waals surface area contributed by atoms with Crippen molar-refractivity contribution in [1.29, 1.82) is 0 Å². The topological polar surface area (TPSA) is 19.7 Å². The summed E-state index contributed by atoms with van der Waals surface area (Å²) in [5.41, 5.74) is 1.33. The lowest BCUT2D eigenvalue weighted by Gasteiger charge is -1.97. The fourth-order valence-corrected chi connectivity index (χ4v) is 1.39. The van der Waals surface area contributed by atoms with Gasteiger partial charge < -0.3 is 0 Å². The van der Waals surface area contributed by atoms with E-state index < -0.39 is 0 Å². The number of aromatic amines is 1. The van der Waals surface area contributed by atoms with Crippen molar-refractivity contribution in [2.45, 2.75) is 13.5 Å². The van der Waals surface area contributed by atoms with Crippen molar-refractivity contribution in [3.05, 3.63) is 54.1 Å². The number of benzene rings is 1. The molecule has 2 aromatic rings. The standard InChI is InChI=1S/C11H12N2.H2I/c1-10-12-7-8-13(10)9-11-5-3-2-4-6-11;/h2-8H,9H2,1H3;1H2/q;+1/p+1. The second kappa shape index (κ2) is 5.14. The molecule has 0 saturated heterocycles. The fourth-order valence-electron chi connectivity index (χ4n) is 1.39. The van der Waals surface area contributed by atoms with Crippen LogP contribution in [0, 0.1) is 6.92 Å². The smallest absolute Gasteiger partial charge is 0.248 e. The van der Waals surface area contributed by atoms with E-state index in [-0.39, 0.29) is 24.0 Å². The molecular formula is C11H15IN2+2. The largest absolute Gasteiger partial charge is 0.251 e. The van der Waals surface area contributed by atoms with E-state index in [0.717, 1.165) is 6.54 Å². The molecule has 14 heavy (non-hydrogen) atoms. The van der Waals surface area contributed by atoms with Crippen LogP contribution in [0.4, 0.5) is 0 Å². The summed E-state index contributed by atoms with van der Waals surface area (Å²) in [6.07, 6.45) is 4.01. The molecule has 0 aliphatic heterocycles. The number of imidazole rings is 1. The number of hydrogen-bond acceptors (Lipinski definition) is 0. The fraction of sp³-hybridized carbons (Fsp3) is 0.182. The molecule has 74 valence electrons. The van der Waals surface area contributed by atoms with Gasteiger partial charge in [0.25, 0.3) is 5.82 Å². The molecule has 0 aliphatic carbocycles. The number of H-pyrrole nitrogens is 1. The van der Waals surface area contributed by atoms with Gasteiger partial charge in [-0.25, -0.2) is 9.55 Å². The Hall–Kier alpha value is -0.840. The predicted octanol–water partition coefficient (Wildman–Crippen LogP) is -1.87. The first-order valence-corrected chi connectivity index (χ1v) is 4.43. The van der Waals surface area contributed by atoms with Gasteiger partial charge in [0.2, 0.25) is 24.0 Å². The van der Waals surface area contributed by atoms with Gasteiger partial charge in [0.05, 0.1) is 0 Å². The summed E-state index contributed by atoms with van der Waals surface area (Å²) in [5, 5.41) is 0. The van der Waals surface area contributed by atoms with Crippen molar-refractivity contribution in [2.24, 2.45) is 0 Å². The second-order valence-corrected chi connectivity index (χ2v) is 3.16. The molecule has 1 heterocycles. The van der Waals surface area contributed by atoms with Crippen molar-refractivity contribution in [2.75, 3.05) is 0 Å². The minimum Gasteiger partial charge on any atom is -0.248 e. The molecule has 0 atom stereocenters. The molecule has 0 amide bonds. The predicted molar refractivity (Wildman–Crippen MR) is 54.1 cm³/mol. The zero-order chi connectivity index (χ0) is 9.10. The molecule has 0 saturated carbocycles. The summed E-state index contributed by atoms with van der Waals surface area (Å²) >= 11 is 0. The second-order valence-electron chi connectivity index (χ2n) is 3.16.